The van der Waals surface area contributed by atoms with Crippen LogP contribution in [-0.2, 0) is 6.54 Å². The Labute approximate surface area is 118 Å². The second-order valence-electron chi connectivity index (χ2n) is 5.45. The lowest BCUT2D eigenvalue weighted by atomic mass is 10.1. The summed E-state index contributed by atoms with van der Waals surface area (Å²) in [5.74, 6) is 1.96. The lowest BCUT2D eigenvalue weighted by Gasteiger charge is -2.12. The van der Waals surface area contributed by atoms with Gasteiger partial charge in [0.1, 0.15) is 0 Å². The zero-order valence-electron chi connectivity index (χ0n) is 11.7. The number of nitrogens with zero attached hydrogens (tertiary/aromatic N) is 3. The first kappa shape index (κ1) is 13.3. The number of hydrogen-bond donors (Lipinski definition) is 1. The fourth-order valence-electron chi connectivity index (χ4n) is 2.69. The summed E-state index contributed by atoms with van der Waals surface area (Å²) < 4.78 is 5.37. The summed E-state index contributed by atoms with van der Waals surface area (Å²) in [6.07, 6.45) is 1.16. The molecule has 1 aromatic heterocycles. The molecule has 0 aliphatic carbocycles. The molecule has 1 aromatic carbocycles. The smallest absolute Gasteiger partial charge is 0.241 e. The van der Waals surface area contributed by atoms with Gasteiger partial charge in [0, 0.05) is 12.1 Å². The average molecular weight is 272 g/mol. The largest absolute Gasteiger partial charge is 0.338 e. The Bertz CT molecular complexity index is 581. The van der Waals surface area contributed by atoms with E-state index in [1.54, 1.807) is 0 Å². The molecule has 1 aliphatic heterocycles. The van der Waals surface area contributed by atoms with Crippen LogP contribution in [0.3, 0.4) is 0 Å². The number of rotatable bonds is 4. The first-order valence-corrected chi connectivity index (χ1v) is 7.07. The van der Waals surface area contributed by atoms with Crippen LogP contribution in [0.1, 0.15) is 17.9 Å². The molecule has 1 atom stereocenters. The quantitative estimate of drug-likeness (QED) is 0.919. The molecular formula is C15H20N4O. The highest BCUT2D eigenvalue weighted by Gasteiger charge is 2.23. The van der Waals surface area contributed by atoms with Gasteiger partial charge in [0.15, 0.2) is 0 Å². The molecule has 0 amide bonds. The molecule has 2 N–H and O–H groups in total. The third-order valence-corrected chi connectivity index (χ3v) is 3.92. The van der Waals surface area contributed by atoms with Gasteiger partial charge in [-0.2, -0.15) is 4.98 Å². The zero-order valence-corrected chi connectivity index (χ0v) is 11.7. The molecule has 0 spiro atoms. The minimum atomic E-state index is 0.605. The summed E-state index contributed by atoms with van der Waals surface area (Å²) in [7, 11) is 0. The molecule has 1 aliphatic rings. The van der Waals surface area contributed by atoms with Crippen LogP contribution in [0, 0.1) is 12.8 Å². The van der Waals surface area contributed by atoms with Crippen molar-refractivity contribution in [2.75, 3.05) is 19.6 Å². The van der Waals surface area contributed by atoms with Gasteiger partial charge < -0.3 is 10.3 Å². The number of benzene rings is 1. The molecule has 2 heterocycles. The molecular weight excluding hydrogens is 252 g/mol. The van der Waals surface area contributed by atoms with Gasteiger partial charge in [-0.1, -0.05) is 29.4 Å². The first-order chi connectivity index (χ1) is 9.76. The molecule has 3 rings (SSSR count). The van der Waals surface area contributed by atoms with E-state index in [9.17, 15) is 0 Å². The Kier molecular flexibility index (Phi) is 3.80. The Hall–Kier alpha value is -1.72. The minimum Gasteiger partial charge on any atom is -0.338 e. The van der Waals surface area contributed by atoms with Gasteiger partial charge in [0.05, 0.1) is 6.54 Å². The highest BCUT2D eigenvalue weighted by Crippen LogP contribution is 2.21. The number of likely N-dealkylation sites (tertiary alicyclic amines) is 1. The maximum atomic E-state index is 5.71. The monoisotopic (exact) mass is 272 g/mol. The van der Waals surface area contributed by atoms with E-state index in [0.29, 0.717) is 17.6 Å². The van der Waals surface area contributed by atoms with E-state index < -0.39 is 0 Å². The van der Waals surface area contributed by atoms with Gasteiger partial charge in [-0.15, -0.1) is 0 Å². The molecule has 0 bridgehead atoms. The zero-order chi connectivity index (χ0) is 13.9. The van der Waals surface area contributed by atoms with Crippen LogP contribution in [0.2, 0.25) is 0 Å². The Morgan fingerprint density at radius 1 is 1.40 bits per heavy atom. The summed E-state index contributed by atoms with van der Waals surface area (Å²) in [4.78, 5) is 6.83. The predicted molar refractivity (Wildman–Crippen MR) is 76.9 cm³/mol. The van der Waals surface area contributed by atoms with Gasteiger partial charge in [-0.3, -0.25) is 4.90 Å². The fourth-order valence-corrected chi connectivity index (χ4v) is 2.69. The van der Waals surface area contributed by atoms with Crippen LogP contribution < -0.4 is 5.73 Å². The molecule has 106 valence electrons. The summed E-state index contributed by atoms with van der Waals surface area (Å²) in [5, 5.41) is 4.09. The number of aryl methyl sites for hydroxylation is 1. The Morgan fingerprint density at radius 3 is 3.00 bits per heavy atom. The standard InChI is InChI=1S/C15H20N4O/c1-11-4-2-3-5-13(11)15-17-14(20-18-15)10-19-7-6-12(8-16)9-19/h2-5,12H,6-10,16H2,1H3. The fraction of sp³-hybridized carbons (Fsp3) is 0.467. The van der Waals surface area contributed by atoms with Crippen molar-refractivity contribution in [3.63, 3.8) is 0 Å². The van der Waals surface area contributed by atoms with Crippen molar-refractivity contribution in [3.05, 3.63) is 35.7 Å². The van der Waals surface area contributed by atoms with Crippen molar-refractivity contribution in [2.45, 2.75) is 19.9 Å². The number of hydrogen-bond acceptors (Lipinski definition) is 5. The Balaban J connectivity index is 1.70. The summed E-state index contributed by atoms with van der Waals surface area (Å²) in [6, 6.07) is 8.07. The summed E-state index contributed by atoms with van der Waals surface area (Å²) in [5.41, 5.74) is 7.90. The van der Waals surface area contributed by atoms with Crippen molar-refractivity contribution >= 4 is 0 Å². The van der Waals surface area contributed by atoms with Crippen molar-refractivity contribution < 1.29 is 4.52 Å². The number of nitrogens with two attached hydrogens (primary N) is 1. The van der Waals surface area contributed by atoms with Gasteiger partial charge in [-0.25, -0.2) is 0 Å². The molecule has 1 saturated heterocycles. The van der Waals surface area contributed by atoms with E-state index >= 15 is 0 Å². The average Bonchev–Trinajstić information content (AvgIpc) is 3.09. The van der Waals surface area contributed by atoms with Crippen molar-refractivity contribution in [1.29, 1.82) is 0 Å². The van der Waals surface area contributed by atoms with E-state index in [1.165, 1.54) is 0 Å². The van der Waals surface area contributed by atoms with Gasteiger partial charge >= 0.3 is 0 Å². The minimum absolute atomic E-state index is 0.605. The summed E-state index contributed by atoms with van der Waals surface area (Å²) >= 11 is 0. The third kappa shape index (κ3) is 2.73. The van der Waals surface area contributed by atoms with E-state index in [4.69, 9.17) is 10.3 Å². The molecule has 20 heavy (non-hydrogen) atoms. The van der Waals surface area contributed by atoms with Crippen LogP contribution in [0.25, 0.3) is 11.4 Å². The van der Waals surface area contributed by atoms with Crippen molar-refractivity contribution in [3.8, 4) is 11.4 Å². The molecule has 2 aromatic rings. The van der Waals surface area contributed by atoms with Crippen LogP contribution >= 0.6 is 0 Å². The van der Waals surface area contributed by atoms with Gasteiger partial charge in [-0.05, 0) is 37.9 Å². The molecule has 1 fully saturated rings. The first-order valence-electron chi connectivity index (χ1n) is 7.07. The second kappa shape index (κ2) is 5.73. The second-order valence-corrected chi connectivity index (χ2v) is 5.45. The van der Waals surface area contributed by atoms with Crippen molar-refractivity contribution in [1.82, 2.24) is 15.0 Å². The van der Waals surface area contributed by atoms with E-state index in [0.717, 1.165) is 43.7 Å². The van der Waals surface area contributed by atoms with E-state index in [2.05, 4.69) is 28.0 Å². The van der Waals surface area contributed by atoms with Crippen LogP contribution in [0.15, 0.2) is 28.8 Å². The maximum absolute atomic E-state index is 5.71. The van der Waals surface area contributed by atoms with Crippen molar-refractivity contribution in [2.24, 2.45) is 11.7 Å². The normalized spacial score (nSPS) is 19.6. The lowest BCUT2D eigenvalue weighted by Crippen LogP contribution is -2.22. The van der Waals surface area contributed by atoms with Crippen LogP contribution in [0.4, 0.5) is 0 Å². The number of aromatic nitrogens is 2. The highest BCUT2D eigenvalue weighted by molar-refractivity contribution is 5.58. The van der Waals surface area contributed by atoms with Crippen LogP contribution in [0.5, 0.6) is 0 Å². The van der Waals surface area contributed by atoms with Gasteiger partial charge in [0.2, 0.25) is 11.7 Å². The van der Waals surface area contributed by atoms with E-state index in [1.807, 2.05) is 18.2 Å². The summed E-state index contributed by atoms with van der Waals surface area (Å²) in [6.45, 7) is 5.62. The molecule has 0 saturated carbocycles. The van der Waals surface area contributed by atoms with E-state index in [-0.39, 0.29) is 0 Å². The van der Waals surface area contributed by atoms with Crippen LogP contribution in [-0.4, -0.2) is 34.7 Å². The maximum Gasteiger partial charge on any atom is 0.241 e. The third-order valence-electron chi connectivity index (χ3n) is 3.92. The predicted octanol–water partition coefficient (Wildman–Crippen LogP) is 1.83. The molecule has 1 unspecified atom stereocenters. The molecule has 5 nitrogen and oxygen atoms in total. The lowest BCUT2D eigenvalue weighted by molar-refractivity contribution is 0.261. The molecule has 5 heteroatoms. The highest BCUT2D eigenvalue weighted by atomic mass is 16.5. The topological polar surface area (TPSA) is 68.2 Å². The molecule has 0 radical (unpaired) electrons. The SMILES string of the molecule is Cc1ccccc1-c1noc(CN2CCC(CN)C2)n1. The van der Waals surface area contributed by atoms with Gasteiger partial charge in [0.25, 0.3) is 0 Å². The Morgan fingerprint density at radius 2 is 2.25 bits per heavy atom.